The van der Waals surface area contributed by atoms with E-state index in [1.165, 1.54) is 17.2 Å². The minimum atomic E-state index is -1.21. The molecule has 3 heterocycles. The molecule has 6 N–H and O–H groups in total. The third-order valence-corrected chi connectivity index (χ3v) is 4.59. The molecule has 0 spiro atoms. The second-order valence-electron chi connectivity index (χ2n) is 6.37. The Morgan fingerprint density at radius 1 is 1.11 bits per heavy atom. The van der Waals surface area contributed by atoms with Gasteiger partial charge in [0.1, 0.15) is 24.6 Å². The molecule has 0 saturated carbocycles. The van der Waals surface area contributed by atoms with Crippen molar-refractivity contribution in [3.05, 3.63) is 42.5 Å². The van der Waals surface area contributed by atoms with Gasteiger partial charge in [0, 0.05) is 12.2 Å². The van der Waals surface area contributed by atoms with E-state index in [2.05, 4.69) is 20.3 Å². The number of nitrogens with zero attached hydrogens (tertiary/aromatic N) is 4. The molecule has 4 atom stereocenters. The van der Waals surface area contributed by atoms with Crippen molar-refractivity contribution >= 4 is 22.7 Å². The van der Waals surface area contributed by atoms with Gasteiger partial charge in [0.25, 0.3) is 0 Å². The highest BCUT2D eigenvalue weighted by Gasteiger charge is 2.44. The van der Waals surface area contributed by atoms with Crippen LogP contribution in [0.5, 0.6) is 0 Å². The number of aromatic nitrogens is 4. The third kappa shape index (κ3) is 3.19. The maximum Gasteiger partial charge on any atom is 0.167 e. The number of fused-ring (bicyclic) bond motifs is 1. The minimum Gasteiger partial charge on any atom is -0.399 e. The van der Waals surface area contributed by atoms with Crippen LogP contribution in [0.25, 0.3) is 11.2 Å². The van der Waals surface area contributed by atoms with Crippen molar-refractivity contribution in [2.24, 2.45) is 0 Å². The summed E-state index contributed by atoms with van der Waals surface area (Å²) in [4.78, 5) is 12.8. The lowest BCUT2D eigenvalue weighted by molar-refractivity contribution is -0.0511. The van der Waals surface area contributed by atoms with E-state index in [9.17, 15) is 15.3 Å². The highest BCUT2D eigenvalue weighted by Crippen LogP contribution is 2.32. The van der Waals surface area contributed by atoms with Crippen LogP contribution in [0.1, 0.15) is 11.8 Å². The van der Waals surface area contributed by atoms with Gasteiger partial charge in [-0.2, -0.15) is 0 Å². The van der Waals surface area contributed by atoms with Gasteiger partial charge in [-0.1, -0.05) is 12.1 Å². The zero-order valence-electron chi connectivity index (χ0n) is 14.3. The fourth-order valence-corrected chi connectivity index (χ4v) is 3.10. The molecular formula is C17H20N6O4. The Bertz CT molecular complexity index is 931. The van der Waals surface area contributed by atoms with Crippen LogP contribution in [0, 0.1) is 0 Å². The Hall–Kier alpha value is -2.79. The number of ether oxygens (including phenoxy) is 1. The second kappa shape index (κ2) is 7.08. The molecule has 0 amide bonds. The molecule has 3 unspecified atom stereocenters. The molecule has 3 aromatic rings. The van der Waals surface area contributed by atoms with E-state index in [-0.39, 0.29) is 0 Å². The van der Waals surface area contributed by atoms with Crippen LogP contribution >= 0.6 is 0 Å². The normalized spacial score (nSPS) is 25.1. The number of anilines is 2. The van der Waals surface area contributed by atoms with Gasteiger partial charge in [-0.15, -0.1) is 0 Å². The van der Waals surface area contributed by atoms with Gasteiger partial charge in [0.15, 0.2) is 23.2 Å². The molecule has 27 heavy (non-hydrogen) atoms. The Morgan fingerprint density at radius 3 is 2.59 bits per heavy atom. The van der Waals surface area contributed by atoms with Gasteiger partial charge in [0.2, 0.25) is 0 Å². The van der Waals surface area contributed by atoms with Crippen LogP contribution < -0.4 is 11.1 Å². The standard InChI is InChI=1S/C17H20N6O4/c18-10-3-1-9(2-4-10)5-19-15-12-16(21-7-20-15)23(8-22-12)17-14(26)13(25)11(6-24)27-17/h1-4,7-8,11,13-14,17,24-26H,5-6,18H2,(H,19,20,21)/t11-,13?,14?,17?/m1/s1. The van der Waals surface area contributed by atoms with E-state index in [0.717, 1.165) is 5.56 Å². The van der Waals surface area contributed by atoms with E-state index in [1.54, 1.807) is 0 Å². The zero-order valence-corrected chi connectivity index (χ0v) is 14.3. The number of nitrogens with one attached hydrogen (secondary N) is 1. The van der Waals surface area contributed by atoms with Crippen molar-refractivity contribution in [1.29, 1.82) is 0 Å². The quantitative estimate of drug-likeness (QED) is 0.378. The molecule has 1 aliphatic rings. The number of benzene rings is 1. The SMILES string of the molecule is Nc1ccc(CNc2ncnc3c2ncn3C2O[C@H](CO)C(O)C2O)cc1. The Labute approximate surface area is 154 Å². The zero-order chi connectivity index (χ0) is 19.0. The number of hydrogen-bond donors (Lipinski definition) is 5. The molecular weight excluding hydrogens is 352 g/mol. The van der Waals surface area contributed by atoms with Crippen molar-refractivity contribution in [1.82, 2.24) is 19.5 Å². The van der Waals surface area contributed by atoms with Gasteiger partial charge in [-0.25, -0.2) is 15.0 Å². The van der Waals surface area contributed by atoms with E-state index in [0.29, 0.717) is 29.2 Å². The summed E-state index contributed by atoms with van der Waals surface area (Å²) in [6.07, 6.45) is -1.32. The van der Waals surface area contributed by atoms with E-state index < -0.39 is 31.1 Å². The van der Waals surface area contributed by atoms with Crippen molar-refractivity contribution in [2.45, 2.75) is 31.1 Å². The lowest BCUT2D eigenvalue weighted by Gasteiger charge is -2.16. The van der Waals surface area contributed by atoms with Crippen molar-refractivity contribution < 1.29 is 20.1 Å². The first kappa shape index (κ1) is 17.6. The Balaban J connectivity index is 1.59. The first-order valence-corrected chi connectivity index (χ1v) is 8.46. The lowest BCUT2D eigenvalue weighted by Crippen LogP contribution is -2.33. The van der Waals surface area contributed by atoms with Gasteiger partial charge in [0.05, 0.1) is 12.9 Å². The van der Waals surface area contributed by atoms with Crippen molar-refractivity contribution in [3.63, 3.8) is 0 Å². The summed E-state index contributed by atoms with van der Waals surface area (Å²) in [7, 11) is 0. The molecule has 0 radical (unpaired) electrons. The lowest BCUT2D eigenvalue weighted by atomic mass is 10.1. The number of nitrogens with two attached hydrogens (primary N) is 1. The maximum absolute atomic E-state index is 10.2. The molecule has 0 aliphatic carbocycles. The Morgan fingerprint density at radius 2 is 1.89 bits per heavy atom. The maximum atomic E-state index is 10.2. The number of nitrogen functional groups attached to an aromatic ring is 1. The summed E-state index contributed by atoms with van der Waals surface area (Å²) < 4.78 is 7.07. The predicted molar refractivity (Wildman–Crippen MR) is 96.5 cm³/mol. The monoisotopic (exact) mass is 372 g/mol. The average molecular weight is 372 g/mol. The number of aliphatic hydroxyl groups is 3. The fourth-order valence-electron chi connectivity index (χ4n) is 3.10. The van der Waals surface area contributed by atoms with Gasteiger partial charge in [-0.3, -0.25) is 4.57 Å². The summed E-state index contributed by atoms with van der Waals surface area (Å²) in [6.45, 7) is 0.123. The number of aliphatic hydroxyl groups excluding tert-OH is 3. The van der Waals surface area contributed by atoms with Gasteiger partial charge in [-0.05, 0) is 17.7 Å². The highest BCUT2D eigenvalue weighted by atomic mass is 16.6. The largest absolute Gasteiger partial charge is 0.399 e. The van der Waals surface area contributed by atoms with E-state index in [1.807, 2.05) is 24.3 Å². The molecule has 2 aromatic heterocycles. The fraction of sp³-hybridized carbons (Fsp3) is 0.353. The molecule has 1 saturated heterocycles. The summed E-state index contributed by atoms with van der Waals surface area (Å²) in [5.41, 5.74) is 8.36. The Kier molecular flexibility index (Phi) is 4.62. The van der Waals surface area contributed by atoms with E-state index >= 15 is 0 Å². The molecule has 1 aliphatic heterocycles. The second-order valence-corrected chi connectivity index (χ2v) is 6.37. The van der Waals surface area contributed by atoms with E-state index in [4.69, 9.17) is 10.5 Å². The first-order valence-electron chi connectivity index (χ1n) is 8.46. The summed E-state index contributed by atoms with van der Waals surface area (Å²) in [5, 5.41) is 32.7. The molecule has 10 heteroatoms. The smallest absolute Gasteiger partial charge is 0.167 e. The van der Waals surface area contributed by atoms with Crippen LogP contribution in [-0.4, -0.2) is 59.8 Å². The first-order chi connectivity index (χ1) is 13.1. The molecule has 0 bridgehead atoms. The van der Waals surface area contributed by atoms with Crippen LogP contribution in [-0.2, 0) is 11.3 Å². The predicted octanol–water partition coefficient (Wildman–Crippen LogP) is -0.368. The molecule has 10 nitrogen and oxygen atoms in total. The average Bonchev–Trinajstić information content (AvgIpc) is 3.23. The topological polar surface area (TPSA) is 152 Å². The van der Waals surface area contributed by atoms with Gasteiger partial charge >= 0.3 is 0 Å². The van der Waals surface area contributed by atoms with Crippen LogP contribution in [0.2, 0.25) is 0 Å². The van der Waals surface area contributed by atoms with Crippen molar-refractivity contribution in [2.75, 3.05) is 17.7 Å². The summed E-state index contributed by atoms with van der Waals surface area (Å²) in [5.74, 6) is 0.530. The number of hydrogen-bond acceptors (Lipinski definition) is 9. The minimum absolute atomic E-state index is 0.398. The highest BCUT2D eigenvalue weighted by molar-refractivity contribution is 5.82. The summed E-state index contributed by atoms with van der Waals surface area (Å²) >= 11 is 0. The van der Waals surface area contributed by atoms with Crippen LogP contribution in [0.4, 0.5) is 11.5 Å². The molecule has 1 aromatic carbocycles. The number of imidazole rings is 1. The number of rotatable bonds is 5. The molecule has 4 rings (SSSR count). The van der Waals surface area contributed by atoms with Gasteiger partial charge < -0.3 is 31.1 Å². The summed E-state index contributed by atoms with van der Waals surface area (Å²) in [6, 6.07) is 7.48. The molecule has 142 valence electrons. The molecule has 1 fully saturated rings. The third-order valence-electron chi connectivity index (χ3n) is 4.59. The van der Waals surface area contributed by atoms with Crippen LogP contribution in [0.15, 0.2) is 36.9 Å². The van der Waals surface area contributed by atoms with Crippen LogP contribution in [0.3, 0.4) is 0 Å². The van der Waals surface area contributed by atoms with Crippen molar-refractivity contribution in [3.8, 4) is 0 Å².